The standard InChI is InChI=1S/C40H25N/c1-2-8-26(9-3-1)28-14-15-30-23-31(17-16-29(30)22-28)32-19-20-35-36-21-18-27-10-4-6-12-34(27)40(36)39-25-33-11-5-7-13-37(33)41(39)38(35)24-32/h1-25H. The molecule has 0 aliphatic heterocycles. The molecule has 2 aromatic heterocycles. The van der Waals surface area contributed by atoms with Crippen LogP contribution in [0, 0.1) is 0 Å². The van der Waals surface area contributed by atoms with Gasteiger partial charge in [0, 0.05) is 16.2 Å². The molecular formula is C40H25N. The highest BCUT2D eigenvalue weighted by atomic mass is 14.9. The quantitative estimate of drug-likeness (QED) is 0.200. The Morgan fingerprint density at radius 3 is 1.73 bits per heavy atom. The number of para-hydroxylation sites is 1. The zero-order chi connectivity index (χ0) is 26.9. The molecule has 0 spiro atoms. The van der Waals surface area contributed by atoms with Crippen LogP contribution in [0.2, 0.25) is 0 Å². The predicted octanol–water partition coefficient (Wildman–Crippen LogP) is 11.0. The summed E-state index contributed by atoms with van der Waals surface area (Å²) in [6.45, 7) is 0. The average molecular weight is 520 g/mol. The van der Waals surface area contributed by atoms with Crippen LogP contribution in [0.4, 0.5) is 0 Å². The van der Waals surface area contributed by atoms with E-state index in [0.29, 0.717) is 0 Å². The fourth-order valence-corrected chi connectivity index (χ4v) is 6.73. The van der Waals surface area contributed by atoms with Gasteiger partial charge in [-0.15, -0.1) is 0 Å². The number of hydrogen-bond donors (Lipinski definition) is 0. The highest BCUT2D eigenvalue weighted by molar-refractivity contribution is 6.24. The summed E-state index contributed by atoms with van der Waals surface area (Å²) in [6, 6.07) is 55.6. The first kappa shape index (κ1) is 22.4. The van der Waals surface area contributed by atoms with E-state index in [4.69, 9.17) is 0 Å². The summed E-state index contributed by atoms with van der Waals surface area (Å²) < 4.78 is 2.47. The van der Waals surface area contributed by atoms with Gasteiger partial charge >= 0.3 is 0 Å². The molecule has 0 radical (unpaired) electrons. The molecule has 0 amide bonds. The van der Waals surface area contributed by atoms with Crippen LogP contribution >= 0.6 is 0 Å². The highest BCUT2D eigenvalue weighted by Crippen LogP contribution is 2.39. The number of fused-ring (bicyclic) bond motifs is 11. The van der Waals surface area contributed by atoms with Crippen LogP contribution in [-0.2, 0) is 0 Å². The number of aromatic nitrogens is 1. The zero-order valence-corrected chi connectivity index (χ0v) is 22.4. The molecule has 0 atom stereocenters. The maximum atomic E-state index is 2.47. The van der Waals surface area contributed by atoms with Crippen LogP contribution in [0.25, 0.3) is 81.9 Å². The number of pyridine rings is 1. The normalized spacial score (nSPS) is 11.9. The minimum absolute atomic E-state index is 1.23. The van der Waals surface area contributed by atoms with Crippen molar-refractivity contribution in [2.75, 3.05) is 0 Å². The van der Waals surface area contributed by atoms with Crippen molar-refractivity contribution < 1.29 is 0 Å². The van der Waals surface area contributed by atoms with Crippen LogP contribution in [0.3, 0.4) is 0 Å². The predicted molar refractivity (Wildman–Crippen MR) is 176 cm³/mol. The number of hydrogen-bond acceptors (Lipinski definition) is 0. The molecule has 1 heteroatoms. The first-order valence-electron chi connectivity index (χ1n) is 14.2. The van der Waals surface area contributed by atoms with Crippen molar-refractivity contribution in [3.05, 3.63) is 152 Å². The van der Waals surface area contributed by atoms with E-state index in [0.717, 1.165) is 0 Å². The molecule has 2 heterocycles. The van der Waals surface area contributed by atoms with E-state index in [1.807, 2.05) is 0 Å². The van der Waals surface area contributed by atoms with Gasteiger partial charge in [0.25, 0.3) is 0 Å². The molecule has 9 aromatic rings. The lowest BCUT2D eigenvalue weighted by Gasteiger charge is -2.14. The number of rotatable bonds is 2. The first-order chi connectivity index (χ1) is 20.3. The molecule has 0 saturated heterocycles. The molecule has 0 aliphatic carbocycles. The van der Waals surface area contributed by atoms with Crippen molar-refractivity contribution in [1.82, 2.24) is 4.40 Å². The summed E-state index contributed by atoms with van der Waals surface area (Å²) in [4.78, 5) is 0. The van der Waals surface area contributed by atoms with Gasteiger partial charge in [-0.3, -0.25) is 0 Å². The summed E-state index contributed by atoms with van der Waals surface area (Å²) in [6.07, 6.45) is 0. The SMILES string of the molecule is c1ccc(-c2ccc3cc(-c4ccc5c6ccc7ccccc7c6c6cc7ccccc7n6c5c4)ccc3c2)cc1. The summed E-state index contributed by atoms with van der Waals surface area (Å²) in [5.41, 5.74) is 8.69. The van der Waals surface area contributed by atoms with Crippen LogP contribution < -0.4 is 0 Å². The van der Waals surface area contributed by atoms with Gasteiger partial charge in [0.15, 0.2) is 0 Å². The minimum Gasteiger partial charge on any atom is -0.309 e. The molecule has 0 bridgehead atoms. The molecular weight excluding hydrogens is 494 g/mol. The fourth-order valence-electron chi connectivity index (χ4n) is 6.73. The van der Waals surface area contributed by atoms with Crippen molar-refractivity contribution in [2.45, 2.75) is 0 Å². The van der Waals surface area contributed by atoms with Crippen LogP contribution in [0.1, 0.15) is 0 Å². The Hall–Kier alpha value is -5.40. The third-order valence-electron chi connectivity index (χ3n) is 8.71. The Balaban J connectivity index is 1.30. The van der Waals surface area contributed by atoms with Gasteiger partial charge in [-0.25, -0.2) is 0 Å². The van der Waals surface area contributed by atoms with Gasteiger partial charge in [-0.2, -0.15) is 0 Å². The molecule has 0 saturated carbocycles. The Labute approximate surface area is 237 Å². The van der Waals surface area contributed by atoms with Crippen molar-refractivity contribution in [2.24, 2.45) is 0 Å². The maximum absolute atomic E-state index is 2.47. The van der Waals surface area contributed by atoms with E-state index in [-0.39, 0.29) is 0 Å². The Morgan fingerprint density at radius 1 is 0.293 bits per heavy atom. The molecule has 0 fully saturated rings. The second-order valence-electron chi connectivity index (χ2n) is 11.0. The van der Waals surface area contributed by atoms with Gasteiger partial charge in [0.2, 0.25) is 0 Å². The van der Waals surface area contributed by atoms with E-state index >= 15 is 0 Å². The molecule has 7 aromatic carbocycles. The Kier molecular flexibility index (Phi) is 4.67. The fraction of sp³-hybridized carbons (Fsp3) is 0. The maximum Gasteiger partial charge on any atom is 0.0553 e. The largest absolute Gasteiger partial charge is 0.309 e. The highest BCUT2D eigenvalue weighted by Gasteiger charge is 2.15. The Bertz CT molecular complexity index is 2460. The lowest BCUT2D eigenvalue weighted by molar-refractivity contribution is 1.35. The third-order valence-corrected chi connectivity index (χ3v) is 8.71. The van der Waals surface area contributed by atoms with E-state index in [1.54, 1.807) is 0 Å². The summed E-state index contributed by atoms with van der Waals surface area (Å²) in [5, 5.41) is 10.2. The monoisotopic (exact) mass is 519 g/mol. The second-order valence-corrected chi connectivity index (χ2v) is 11.0. The minimum atomic E-state index is 1.23. The molecule has 0 aliphatic rings. The summed E-state index contributed by atoms with van der Waals surface area (Å²) in [7, 11) is 0. The van der Waals surface area contributed by atoms with Gasteiger partial charge in [-0.1, -0.05) is 121 Å². The number of benzene rings is 7. The molecule has 190 valence electrons. The van der Waals surface area contributed by atoms with Gasteiger partial charge in [-0.05, 0) is 79.5 Å². The van der Waals surface area contributed by atoms with Crippen LogP contribution in [0.5, 0.6) is 0 Å². The second kappa shape index (κ2) is 8.55. The lowest BCUT2D eigenvalue weighted by Crippen LogP contribution is -1.92. The van der Waals surface area contributed by atoms with Gasteiger partial charge in [0.05, 0.1) is 16.6 Å². The molecule has 41 heavy (non-hydrogen) atoms. The Morgan fingerprint density at radius 2 is 0.902 bits per heavy atom. The third kappa shape index (κ3) is 3.36. The first-order valence-corrected chi connectivity index (χ1v) is 14.2. The van der Waals surface area contributed by atoms with E-state index in [1.165, 1.54) is 81.9 Å². The van der Waals surface area contributed by atoms with Gasteiger partial charge < -0.3 is 4.40 Å². The van der Waals surface area contributed by atoms with Crippen molar-refractivity contribution in [3.63, 3.8) is 0 Å². The van der Waals surface area contributed by atoms with Crippen molar-refractivity contribution in [1.29, 1.82) is 0 Å². The lowest BCUT2D eigenvalue weighted by atomic mass is 9.95. The van der Waals surface area contributed by atoms with Crippen LogP contribution in [-0.4, -0.2) is 4.40 Å². The van der Waals surface area contributed by atoms with Crippen molar-refractivity contribution >= 4 is 59.6 Å². The van der Waals surface area contributed by atoms with Crippen LogP contribution in [0.15, 0.2) is 152 Å². The van der Waals surface area contributed by atoms with E-state index in [9.17, 15) is 0 Å². The number of nitrogens with zero attached hydrogens (tertiary/aromatic N) is 1. The summed E-state index contributed by atoms with van der Waals surface area (Å²) >= 11 is 0. The average Bonchev–Trinajstić information content (AvgIpc) is 3.44. The summed E-state index contributed by atoms with van der Waals surface area (Å²) in [5.74, 6) is 0. The van der Waals surface area contributed by atoms with Gasteiger partial charge in [0.1, 0.15) is 0 Å². The molecule has 0 unspecified atom stereocenters. The smallest absolute Gasteiger partial charge is 0.0553 e. The molecule has 1 nitrogen and oxygen atoms in total. The molecule has 0 N–H and O–H groups in total. The molecule has 9 rings (SSSR count). The topological polar surface area (TPSA) is 4.41 Å². The van der Waals surface area contributed by atoms with E-state index in [2.05, 4.69) is 156 Å². The van der Waals surface area contributed by atoms with E-state index < -0.39 is 0 Å². The zero-order valence-electron chi connectivity index (χ0n) is 22.4. The van der Waals surface area contributed by atoms with Crippen molar-refractivity contribution in [3.8, 4) is 22.3 Å².